The first-order valence-corrected chi connectivity index (χ1v) is 9.12. The van der Waals surface area contributed by atoms with Gasteiger partial charge in [0.1, 0.15) is 21.4 Å². The quantitative estimate of drug-likeness (QED) is 0.797. The molecule has 0 aromatic carbocycles. The molecule has 6 nitrogen and oxygen atoms in total. The Morgan fingerprint density at radius 3 is 2.45 bits per heavy atom. The maximum absolute atomic E-state index is 12.3. The lowest BCUT2D eigenvalue weighted by atomic mass is 9.89. The number of piperazine rings is 1. The zero-order valence-electron chi connectivity index (χ0n) is 12.0. The van der Waals surface area contributed by atoms with Crippen molar-refractivity contribution in [3.63, 3.8) is 0 Å². The summed E-state index contributed by atoms with van der Waals surface area (Å²) in [5.41, 5.74) is -0.735. The maximum atomic E-state index is 12.3. The zero-order chi connectivity index (χ0) is 15.0. The Bertz CT molecular complexity index is 508. The standard InChI is InChI=1S/C13H22N2O4S/c1-10-11(16)15(8-5-9-20(2,18)19)13(12(17)14-10)6-3-4-7-13/h10H,3-9H2,1-2H3,(H,14,17). The summed E-state index contributed by atoms with van der Waals surface area (Å²) in [7, 11) is -3.04. The number of rotatable bonds is 4. The summed E-state index contributed by atoms with van der Waals surface area (Å²) in [5, 5.41) is 2.75. The predicted octanol–water partition coefficient (Wildman–Crippen LogP) is 0.0808. The molecule has 114 valence electrons. The van der Waals surface area contributed by atoms with Crippen LogP contribution in [0.5, 0.6) is 0 Å². The molecule has 2 rings (SSSR count). The van der Waals surface area contributed by atoms with Crippen molar-refractivity contribution in [2.24, 2.45) is 0 Å². The number of amides is 2. The average molecular weight is 302 g/mol. The van der Waals surface area contributed by atoms with Gasteiger partial charge in [-0.05, 0) is 26.2 Å². The van der Waals surface area contributed by atoms with E-state index in [0.717, 1.165) is 12.8 Å². The number of hydrogen-bond donors (Lipinski definition) is 1. The van der Waals surface area contributed by atoms with E-state index < -0.39 is 21.4 Å². The Morgan fingerprint density at radius 2 is 1.90 bits per heavy atom. The highest BCUT2D eigenvalue weighted by Crippen LogP contribution is 2.38. The number of hydrogen-bond acceptors (Lipinski definition) is 4. The van der Waals surface area contributed by atoms with E-state index in [1.165, 1.54) is 6.26 Å². The summed E-state index contributed by atoms with van der Waals surface area (Å²) < 4.78 is 22.4. The van der Waals surface area contributed by atoms with Crippen molar-refractivity contribution in [2.45, 2.75) is 50.6 Å². The van der Waals surface area contributed by atoms with Crippen LogP contribution in [0.3, 0.4) is 0 Å². The Hall–Kier alpha value is -1.11. The first-order valence-electron chi connectivity index (χ1n) is 7.06. The van der Waals surface area contributed by atoms with Crippen molar-refractivity contribution in [2.75, 3.05) is 18.6 Å². The van der Waals surface area contributed by atoms with E-state index in [4.69, 9.17) is 0 Å². The van der Waals surface area contributed by atoms with Crippen LogP contribution in [-0.4, -0.2) is 55.3 Å². The number of carbonyl (C=O) groups is 2. The Labute approximate surface area is 119 Å². The molecule has 1 aliphatic heterocycles. The third kappa shape index (κ3) is 2.82. The molecule has 1 unspecified atom stereocenters. The molecule has 1 heterocycles. The van der Waals surface area contributed by atoms with Crippen LogP contribution in [0.1, 0.15) is 39.0 Å². The van der Waals surface area contributed by atoms with Gasteiger partial charge in [0.25, 0.3) is 0 Å². The normalized spacial score (nSPS) is 26.1. The van der Waals surface area contributed by atoms with Crippen LogP contribution in [0, 0.1) is 0 Å². The fraction of sp³-hybridized carbons (Fsp3) is 0.846. The minimum absolute atomic E-state index is 0.0445. The van der Waals surface area contributed by atoms with E-state index in [0.29, 0.717) is 25.8 Å². The fourth-order valence-electron chi connectivity index (χ4n) is 3.23. The van der Waals surface area contributed by atoms with E-state index in [1.54, 1.807) is 11.8 Å². The Kier molecular flexibility index (Phi) is 4.09. The number of sulfone groups is 1. The summed E-state index contributed by atoms with van der Waals surface area (Å²) in [5.74, 6) is -0.135. The highest BCUT2D eigenvalue weighted by molar-refractivity contribution is 7.90. The Morgan fingerprint density at radius 1 is 1.30 bits per heavy atom. The van der Waals surface area contributed by atoms with Gasteiger partial charge in [0, 0.05) is 12.8 Å². The van der Waals surface area contributed by atoms with Crippen molar-refractivity contribution in [1.29, 1.82) is 0 Å². The van der Waals surface area contributed by atoms with Crippen LogP contribution >= 0.6 is 0 Å². The molecule has 0 bridgehead atoms. The van der Waals surface area contributed by atoms with Crippen LogP contribution in [0.15, 0.2) is 0 Å². The molecule has 1 spiro atoms. The number of carbonyl (C=O) groups excluding carboxylic acids is 2. The van der Waals surface area contributed by atoms with E-state index in [9.17, 15) is 18.0 Å². The molecule has 7 heteroatoms. The van der Waals surface area contributed by atoms with Crippen LogP contribution in [-0.2, 0) is 19.4 Å². The molecule has 0 radical (unpaired) electrons. The molecule has 0 aromatic rings. The van der Waals surface area contributed by atoms with Crippen molar-refractivity contribution >= 4 is 21.7 Å². The van der Waals surface area contributed by atoms with Crippen LogP contribution < -0.4 is 5.32 Å². The molecule has 0 aromatic heterocycles. The van der Waals surface area contributed by atoms with Gasteiger partial charge < -0.3 is 10.2 Å². The van der Waals surface area contributed by atoms with Crippen molar-refractivity contribution in [1.82, 2.24) is 10.2 Å². The lowest BCUT2D eigenvalue weighted by Gasteiger charge is -2.45. The van der Waals surface area contributed by atoms with Gasteiger partial charge in [0.05, 0.1) is 5.75 Å². The fourth-order valence-corrected chi connectivity index (χ4v) is 3.88. The molecule has 1 saturated heterocycles. The van der Waals surface area contributed by atoms with Gasteiger partial charge in [-0.25, -0.2) is 8.42 Å². The van der Waals surface area contributed by atoms with Gasteiger partial charge in [-0.15, -0.1) is 0 Å². The van der Waals surface area contributed by atoms with E-state index in [1.807, 2.05) is 0 Å². The topological polar surface area (TPSA) is 83.6 Å². The number of nitrogens with zero attached hydrogens (tertiary/aromatic N) is 1. The molecular weight excluding hydrogens is 280 g/mol. The smallest absolute Gasteiger partial charge is 0.246 e. The highest BCUT2D eigenvalue weighted by atomic mass is 32.2. The summed E-state index contributed by atoms with van der Waals surface area (Å²) >= 11 is 0. The summed E-state index contributed by atoms with van der Waals surface area (Å²) in [4.78, 5) is 26.3. The molecule has 2 fully saturated rings. The molecule has 1 N–H and O–H groups in total. The van der Waals surface area contributed by atoms with Crippen LogP contribution in [0.4, 0.5) is 0 Å². The molecule has 1 atom stereocenters. The first kappa shape index (κ1) is 15.3. The molecule has 1 saturated carbocycles. The third-order valence-electron chi connectivity index (χ3n) is 4.25. The van der Waals surface area contributed by atoms with Gasteiger partial charge >= 0.3 is 0 Å². The summed E-state index contributed by atoms with van der Waals surface area (Å²) in [6, 6.07) is -0.521. The number of nitrogens with one attached hydrogen (secondary N) is 1. The van der Waals surface area contributed by atoms with E-state index in [-0.39, 0.29) is 17.6 Å². The van der Waals surface area contributed by atoms with Crippen LogP contribution in [0.2, 0.25) is 0 Å². The third-order valence-corrected chi connectivity index (χ3v) is 5.28. The SMILES string of the molecule is CC1NC(=O)C2(CCCC2)N(CCCS(C)(=O)=O)C1=O. The summed E-state index contributed by atoms with van der Waals surface area (Å²) in [6.45, 7) is 2.01. The van der Waals surface area contributed by atoms with Crippen molar-refractivity contribution < 1.29 is 18.0 Å². The molecule has 1 aliphatic carbocycles. The predicted molar refractivity (Wildman–Crippen MR) is 74.8 cm³/mol. The Balaban J connectivity index is 2.15. The minimum atomic E-state index is -3.04. The zero-order valence-corrected chi connectivity index (χ0v) is 12.8. The van der Waals surface area contributed by atoms with E-state index >= 15 is 0 Å². The minimum Gasteiger partial charge on any atom is -0.343 e. The molecular formula is C13H22N2O4S. The molecule has 2 amide bonds. The van der Waals surface area contributed by atoms with Gasteiger partial charge in [0.15, 0.2) is 0 Å². The lowest BCUT2D eigenvalue weighted by molar-refractivity contribution is -0.156. The second kappa shape index (κ2) is 5.35. The first-order chi connectivity index (χ1) is 9.26. The average Bonchev–Trinajstić information content (AvgIpc) is 2.81. The van der Waals surface area contributed by atoms with Gasteiger partial charge in [-0.1, -0.05) is 12.8 Å². The molecule has 2 aliphatic rings. The monoisotopic (exact) mass is 302 g/mol. The van der Waals surface area contributed by atoms with E-state index in [2.05, 4.69) is 5.32 Å². The van der Waals surface area contributed by atoms with Gasteiger partial charge in [-0.2, -0.15) is 0 Å². The largest absolute Gasteiger partial charge is 0.343 e. The second-order valence-corrected chi connectivity index (χ2v) is 8.17. The van der Waals surface area contributed by atoms with Crippen LogP contribution in [0.25, 0.3) is 0 Å². The van der Waals surface area contributed by atoms with Crippen molar-refractivity contribution in [3.8, 4) is 0 Å². The molecule has 20 heavy (non-hydrogen) atoms. The maximum Gasteiger partial charge on any atom is 0.246 e. The summed E-state index contributed by atoms with van der Waals surface area (Å²) in [6.07, 6.45) is 4.78. The lowest BCUT2D eigenvalue weighted by Crippen LogP contribution is -2.69. The van der Waals surface area contributed by atoms with Gasteiger partial charge in [0.2, 0.25) is 11.8 Å². The highest BCUT2D eigenvalue weighted by Gasteiger charge is 2.52. The van der Waals surface area contributed by atoms with Crippen molar-refractivity contribution in [3.05, 3.63) is 0 Å². The van der Waals surface area contributed by atoms with Gasteiger partial charge in [-0.3, -0.25) is 9.59 Å². The second-order valence-electron chi connectivity index (χ2n) is 5.91.